The van der Waals surface area contributed by atoms with Crippen LogP contribution in [0.25, 0.3) is 10.8 Å². The number of nitro groups is 1. The highest BCUT2D eigenvalue weighted by molar-refractivity contribution is 6.42. The van der Waals surface area contributed by atoms with Gasteiger partial charge in [0.05, 0.1) is 15.0 Å². The van der Waals surface area contributed by atoms with Crippen molar-refractivity contribution in [2.45, 2.75) is 37.6 Å². The summed E-state index contributed by atoms with van der Waals surface area (Å²) in [6.07, 6.45) is 3.69. The first-order valence-corrected chi connectivity index (χ1v) is 15.1. The first-order chi connectivity index (χ1) is 20.2. The van der Waals surface area contributed by atoms with Crippen LogP contribution in [0.15, 0.2) is 54.6 Å². The minimum absolute atomic E-state index is 0.00961. The predicted octanol–water partition coefficient (Wildman–Crippen LogP) is 6.18. The highest BCUT2D eigenvalue weighted by atomic mass is 35.5. The lowest BCUT2D eigenvalue weighted by atomic mass is 9.93. The summed E-state index contributed by atoms with van der Waals surface area (Å²) in [5, 5.41) is 16.5. The molecule has 2 heterocycles. The summed E-state index contributed by atoms with van der Waals surface area (Å²) in [5.41, 5.74) is 1.50. The molecule has 1 N–H and O–H groups in total. The fraction of sp³-hybridized carbons (Fsp3) is 0.419. The number of benzene rings is 3. The van der Waals surface area contributed by atoms with Crippen LogP contribution in [0.4, 0.5) is 10.5 Å². The molecule has 42 heavy (non-hydrogen) atoms. The summed E-state index contributed by atoms with van der Waals surface area (Å²) in [7, 11) is 1.78. The Bertz CT molecular complexity index is 1480. The van der Waals surface area contributed by atoms with E-state index in [-0.39, 0.29) is 29.6 Å². The van der Waals surface area contributed by atoms with Crippen molar-refractivity contribution in [2.75, 3.05) is 46.3 Å². The Kier molecular flexibility index (Phi) is 9.50. The molecule has 222 valence electrons. The maximum atomic E-state index is 13.7. The number of hydrogen-bond donors (Lipinski definition) is 1. The van der Waals surface area contributed by atoms with E-state index in [4.69, 9.17) is 23.2 Å². The molecule has 3 amide bonds. The van der Waals surface area contributed by atoms with Crippen molar-refractivity contribution in [3.8, 4) is 0 Å². The molecule has 1 unspecified atom stereocenters. The van der Waals surface area contributed by atoms with E-state index in [2.05, 4.69) is 10.2 Å². The van der Waals surface area contributed by atoms with Crippen LogP contribution in [0.1, 0.15) is 47.5 Å². The number of likely N-dealkylation sites (N-methyl/N-ethyl adjacent to an activating group) is 1. The summed E-state index contributed by atoms with van der Waals surface area (Å²) >= 11 is 12.6. The van der Waals surface area contributed by atoms with Gasteiger partial charge in [-0.05, 0) is 72.8 Å². The minimum atomic E-state index is -0.436. The maximum Gasteiger partial charge on any atom is 0.317 e. The summed E-state index contributed by atoms with van der Waals surface area (Å²) in [4.78, 5) is 42.9. The van der Waals surface area contributed by atoms with Crippen LogP contribution in [-0.4, -0.2) is 83.9 Å². The van der Waals surface area contributed by atoms with Gasteiger partial charge in [-0.25, -0.2) is 4.79 Å². The van der Waals surface area contributed by atoms with Gasteiger partial charge in [0.25, 0.3) is 11.6 Å². The van der Waals surface area contributed by atoms with Gasteiger partial charge in [0.1, 0.15) is 0 Å². The zero-order valence-electron chi connectivity index (χ0n) is 23.6. The van der Waals surface area contributed by atoms with Crippen LogP contribution in [0.5, 0.6) is 0 Å². The number of non-ortho nitro benzene ring substituents is 1. The summed E-state index contributed by atoms with van der Waals surface area (Å²) in [6, 6.07) is 15.8. The van der Waals surface area contributed by atoms with Gasteiger partial charge in [-0.2, -0.15) is 0 Å². The first-order valence-electron chi connectivity index (χ1n) is 14.4. The van der Waals surface area contributed by atoms with E-state index in [1.54, 1.807) is 42.3 Å². The summed E-state index contributed by atoms with van der Waals surface area (Å²) < 4.78 is 0. The maximum absolute atomic E-state index is 13.7. The molecular formula is C31H35Cl2N5O4. The van der Waals surface area contributed by atoms with Crippen molar-refractivity contribution in [2.24, 2.45) is 0 Å². The summed E-state index contributed by atoms with van der Waals surface area (Å²) in [5.74, 6) is -0.143. The molecule has 1 atom stereocenters. The van der Waals surface area contributed by atoms with Crippen LogP contribution in [0.3, 0.4) is 0 Å². The van der Waals surface area contributed by atoms with Gasteiger partial charge >= 0.3 is 6.03 Å². The van der Waals surface area contributed by atoms with Gasteiger partial charge in [0.2, 0.25) is 0 Å². The van der Waals surface area contributed by atoms with Crippen molar-refractivity contribution >= 4 is 51.6 Å². The minimum Gasteiger partial charge on any atom is -0.341 e. The van der Waals surface area contributed by atoms with Crippen molar-refractivity contribution < 1.29 is 14.5 Å². The Labute approximate surface area is 255 Å². The SMILES string of the molecule is CN(CC(CCN1CCC(N2CCCNC2=O)CC1)c1ccc(Cl)c(Cl)c1)C(=O)c1cccc2cc([N+](=O)[O-])ccc12. The van der Waals surface area contributed by atoms with Gasteiger partial charge in [0, 0.05) is 69.4 Å². The second kappa shape index (κ2) is 13.3. The van der Waals surface area contributed by atoms with E-state index in [0.717, 1.165) is 64.0 Å². The lowest BCUT2D eigenvalue weighted by Crippen LogP contribution is -2.54. The van der Waals surface area contributed by atoms with E-state index >= 15 is 0 Å². The van der Waals surface area contributed by atoms with Gasteiger partial charge in [-0.1, -0.05) is 41.4 Å². The zero-order chi connectivity index (χ0) is 29.8. The van der Waals surface area contributed by atoms with E-state index in [0.29, 0.717) is 32.9 Å². The lowest BCUT2D eigenvalue weighted by molar-refractivity contribution is -0.384. The number of piperidine rings is 1. The molecule has 2 aliphatic rings. The number of rotatable bonds is 9. The van der Waals surface area contributed by atoms with E-state index in [9.17, 15) is 19.7 Å². The second-order valence-corrected chi connectivity index (χ2v) is 12.0. The molecule has 11 heteroatoms. The van der Waals surface area contributed by atoms with Gasteiger partial charge in [-0.3, -0.25) is 14.9 Å². The first kappa shape index (κ1) is 30.1. The molecule has 5 rings (SSSR count). The highest BCUT2D eigenvalue weighted by Gasteiger charge is 2.30. The molecule has 0 bridgehead atoms. The molecule has 9 nitrogen and oxygen atoms in total. The average molecular weight is 613 g/mol. The molecule has 2 aliphatic heterocycles. The fourth-order valence-corrected chi connectivity index (χ4v) is 6.42. The molecule has 0 spiro atoms. The van der Waals surface area contributed by atoms with E-state index in [1.807, 2.05) is 17.0 Å². The monoisotopic (exact) mass is 611 g/mol. The fourth-order valence-electron chi connectivity index (χ4n) is 6.11. The van der Waals surface area contributed by atoms with E-state index in [1.165, 1.54) is 12.1 Å². The number of likely N-dealkylation sites (tertiary alicyclic amines) is 1. The van der Waals surface area contributed by atoms with Gasteiger partial charge in [0.15, 0.2) is 0 Å². The molecule has 3 aromatic rings. The average Bonchev–Trinajstić information content (AvgIpc) is 3.00. The predicted molar refractivity (Wildman–Crippen MR) is 166 cm³/mol. The molecule has 0 aliphatic carbocycles. The number of nitrogens with zero attached hydrogens (tertiary/aromatic N) is 4. The van der Waals surface area contributed by atoms with E-state index < -0.39 is 4.92 Å². The third-order valence-corrected chi connectivity index (χ3v) is 9.20. The molecule has 0 saturated carbocycles. The number of amides is 3. The molecule has 2 saturated heterocycles. The quantitative estimate of drug-likeness (QED) is 0.230. The Hall–Kier alpha value is -3.40. The van der Waals surface area contributed by atoms with Crippen molar-refractivity contribution in [1.29, 1.82) is 0 Å². The Morgan fingerprint density at radius 2 is 1.88 bits per heavy atom. The summed E-state index contributed by atoms with van der Waals surface area (Å²) in [6.45, 7) is 4.72. The normalized spacial score (nSPS) is 17.2. The standard InChI is InChI=1S/C31H35Cl2N5O4/c1-35(30(39)27-5-2-4-22-18-25(38(41)42)7-8-26(22)27)20-23(21-6-9-28(32)29(33)19-21)10-15-36-16-11-24(12-17-36)37-14-3-13-34-31(37)40/h2,4-9,18-19,23-24H,3,10-17,20H2,1H3,(H,34,40). The van der Waals surface area contributed by atoms with Crippen LogP contribution in [0.2, 0.25) is 10.0 Å². The Morgan fingerprint density at radius 1 is 1.10 bits per heavy atom. The van der Waals surface area contributed by atoms with Crippen LogP contribution in [0, 0.1) is 10.1 Å². The number of nitrogens with one attached hydrogen (secondary N) is 1. The van der Waals surface area contributed by atoms with Crippen molar-refractivity contribution in [3.05, 3.63) is 85.9 Å². The van der Waals surface area contributed by atoms with Crippen LogP contribution in [-0.2, 0) is 0 Å². The Morgan fingerprint density at radius 3 is 2.60 bits per heavy atom. The molecular weight excluding hydrogens is 577 g/mol. The van der Waals surface area contributed by atoms with Crippen LogP contribution >= 0.6 is 23.2 Å². The van der Waals surface area contributed by atoms with Crippen molar-refractivity contribution in [3.63, 3.8) is 0 Å². The topological polar surface area (TPSA) is 99.0 Å². The Balaban J connectivity index is 1.28. The van der Waals surface area contributed by atoms with Gasteiger partial charge < -0.3 is 20.0 Å². The van der Waals surface area contributed by atoms with Crippen molar-refractivity contribution in [1.82, 2.24) is 20.0 Å². The molecule has 3 aromatic carbocycles. The number of urea groups is 1. The van der Waals surface area contributed by atoms with Gasteiger partial charge in [-0.15, -0.1) is 0 Å². The third-order valence-electron chi connectivity index (χ3n) is 8.47. The lowest BCUT2D eigenvalue weighted by Gasteiger charge is -2.40. The van der Waals surface area contributed by atoms with Crippen LogP contribution < -0.4 is 5.32 Å². The molecule has 0 aromatic heterocycles. The number of carbonyl (C=O) groups excluding carboxylic acids is 2. The zero-order valence-corrected chi connectivity index (χ0v) is 25.1. The number of carbonyl (C=O) groups is 2. The second-order valence-electron chi connectivity index (χ2n) is 11.2. The highest BCUT2D eigenvalue weighted by Crippen LogP contribution is 2.31. The molecule has 0 radical (unpaired) electrons. The number of fused-ring (bicyclic) bond motifs is 1. The number of hydrogen-bond acceptors (Lipinski definition) is 5. The third kappa shape index (κ3) is 6.80. The molecule has 2 fully saturated rings. The largest absolute Gasteiger partial charge is 0.341 e. The number of nitro benzene ring substituents is 1. The number of halogens is 2. The smallest absolute Gasteiger partial charge is 0.317 e.